The number of nitrogens with two attached hydrogens (primary N) is 1. The molecule has 0 aliphatic carbocycles. The SMILES string of the molecule is Nc1ccc2c(NC[C@@H]3CCO[C@@H]3c3ccccc3)ncnc2n1. The van der Waals surface area contributed by atoms with Crippen molar-refractivity contribution in [3.8, 4) is 0 Å². The van der Waals surface area contributed by atoms with Crippen LogP contribution >= 0.6 is 0 Å². The van der Waals surface area contributed by atoms with Crippen LogP contribution in [0.3, 0.4) is 0 Å². The molecule has 6 heteroatoms. The van der Waals surface area contributed by atoms with Gasteiger partial charge in [-0.25, -0.2) is 15.0 Å². The average Bonchev–Trinajstić information content (AvgIpc) is 3.09. The van der Waals surface area contributed by atoms with Crippen molar-refractivity contribution in [3.05, 3.63) is 54.4 Å². The van der Waals surface area contributed by atoms with E-state index in [1.807, 2.05) is 12.1 Å². The van der Waals surface area contributed by atoms with Gasteiger partial charge < -0.3 is 15.8 Å². The summed E-state index contributed by atoms with van der Waals surface area (Å²) in [5, 5.41) is 4.31. The molecular formula is C18H19N5O. The molecule has 3 aromatic rings. The van der Waals surface area contributed by atoms with Crippen LogP contribution in [0.2, 0.25) is 0 Å². The summed E-state index contributed by atoms with van der Waals surface area (Å²) in [6, 6.07) is 14.0. The fourth-order valence-electron chi connectivity index (χ4n) is 3.18. The number of nitrogen functional groups attached to an aromatic ring is 1. The summed E-state index contributed by atoms with van der Waals surface area (Å²) in [7, 11) is 0. The highest BCUT2D eigenvalue weighted by Crippen LogP contribution is 2.34. The lowest BCUT2D eigenvalue weighted by molar-refractivity contribution is 0.0933. The van der Waals surface area contributed by atoms with Crippen LogP contribution < -0.4 is 11.1 Å². The van der Waals surface area contributed by atoms with Crippen molar-refractivity contribution >= 4 is 22.7 Å². The molecule has 0 unspecified atom stereocenters. The van der Waals surface area contributed by atoms with Crippen molar-refractivity contribution in [1.82, 2.24) is 15.0 Å². The number of nitrogens with zero attached hydrogens (tertiary/aromatic N) is 3. The Kier molecular flexibility index (Phi) is 3.96. The van der Waals surface area contributed by atoms with E-state index in [1.165, 1.54) is 11.9 Å². The highest BCUT2D eigenvalue weighted by molar-refractivity contribution is 5.87. The standard InChI is InChI=1S/C18H19N5O/c19-15-7-6-14-17(21-11-22-18(14)23-15)20-10-13-8-9-24-16(13)12-4-2-1-3-5-12/h1-7,11,13,16H,8-10H2,(H3,19,20,21,22,23)/t13-,16+/m0/s1. The summed E-state index contributed by atoms with van der Waals surface area (Å²) in [6.45, 7) is 1.57. The van der Waals surface area contributed by atoms with Gasteiger partial charge in [0, 0.05) is 19.1 Å². The Bertz CT molecular complexity index is 839. The van der Waals surface area contributed by atoms with Crippen LogP contribution in [0.4, 0.5) is 11.6 Å². The maximum atomic E-state index is 5.94. The van der Waals surface area contributed by atoms with Gasteiger partial charge in [-0.3, -0.25) is 0 Å². The fourth-order valence-corrected chi connectivity index (χ4v) is 3.18. The summed E-state index contributed by atoms with van der Waals surface area (Å²) in [5.74, 6) is 1.64. The molecule has 3 heterocycles. The maximum absolute atomic E-state index is 5.94. The zero-order valence-corrected chi connectivity index (χ0v) is 13.2. The van der Waals surface area contributed by atoms with Crippen LogP contribution in [0.15, 0.2) is 48.8 Å². The lowest BCUT2D eigenvalue weighted by Crippen LogP contribution is -2.18. The third kappa shape index (κ3) is 2.88. The number of benzene rings is 1. The highest BCUT2D eigenvalue weighted by atomic mass is 16.5. The molecule has 3 N–H and O–H groups in total. The van der Waals surface area contributed by atoms with Crippen molar-refractivity contribution in [3.63, 3.8) is 0 Å². The number of hydrogen-bond donors (Lipinski definition) is 2. The molecule has 122 valence electrons. The molecule has 6 nitrogen and oxygen atoms in total. The second-order valence-electron chi connectivity index (χ2n) is 5.96. The fraction of sp³-hybridized carbons (Fsp3) is 0.278. The summed E-state index contributed by atoms with van der Waals surface area (Å²) in [6.07, 6.45) is 2.66. The van der Waals surface area contributed by atoms with Crippen LogP contribution in [0, 0.1) is 5.92 Å². The number of anilines is 2. The van der Waals surface area contributed by atoms with Gasteiger partial charge in [-0.1, -0.05) is 30.3 Å². The lowest BCUT2D eigenvalue weighted by Gasteiger charge is -2.20. The zero-order valence-electron chi connectivity index (χ0n) is 13.2. The topological polar surface area (TPSA) is 86.0 Å². The minimum Gasteiger partial charge on any atom is -0.384 e. The second-order valence-corrected chi connectivity index (χ2v) is 5.96. The Morgan fingerprint density at radius 2 is 2.00 bits per heavy atom. The Hall–Kier alpha value is -2.73. The summed E-state index contributed by atoms with van der Waals surface area (Å²) >= 11 is 0. The average molecular weight is 321 g/mol. The van der Waals surface area contributed by atoms with Gasteiger partial charge in [0.25, 0.3) is 0 Å². The quantitative estimate of drug-likeness (QED) is 0.768. The number of aromatic nitrogens is 3. The molecule has 4 rings (SSSR count). The largest absolute Gasteiger partial charge is 0.384 e. The van der Waals surface area contributed by atoms with Gasteiger partial charge in [0.1, 0.15) is 18.0 Å². The van der Waals surface area contributed by atoms with Gasteiger partial charge in [-0.05, 0) is 24.1 Å². The molecule has 24 heavy (non-hydrogen) atoms. The molecule has 0 radical (unpaired) electrons. The Balaban J connectivity index is 1.52. The Morgan fingerprint density at radius 1 is 1.12 bits per heavy atom. The molecule has 2 atom stereocenters. The minimum atomic E-state index is 0.126. The van der Waals surface area contributed by atoms with Gasteiger partial charge in [-0.15, -0.1) is 0 Å². The third-order valence-electron chi connectivity index (χ3n) is 4.39. The third-order valence-corrected chi connectivity index (χ3v) is 4.39. The van der Waals surface area contributed by atoms with Crippen LogP contribution in [-0.4, -0.2) is 28.1 Å². The molecule has 0 saturated carbocycles. The van der Waals surface area contributed by atoms with Crippen LogP contribution in [0.5, 0.6) is 0 Å². The summed E-state index contributed by atoms with van der Waals surface area (Å²) < 4.78 is 5.94. The van der Waals surface area contributed by atoms with Gasteiger partial charge in [0.05, 0.1) is 11.5 Å². The first-order chi connectivity index (χ1) is 11.8. The first-order valence-electron chi connectivity index (χ1n) is 8.09. The predicted molar refractivity (Wildman–Crippen MR) is 93.5 cm³/mol. The van der Waals surface area contributed by atoms with E-state index in [9.17, 15) is 0 Å². The molecule has 1 aromatic carbocycles. The van der Waals surface area contributed by atoms with E-state index in [2.05, 4.69) is 44.5 Å². The molecular weight excluding hydrogens is 302 g/mol. The van der Waals surface area contributed by atoms with E-state index in [-0.39, 0.29) is 6.10 Å². The van der Waals surface area contributed by atoms with E-state index in [1.54, 1.807) is 6.07 Å². The minimum absolute atomic E-state index is 0.126. The number of ether oxygens (including phenoxy) is 1. The van der Waals surface area contributed by atoms with Gasteiger partial charge >= 0.3 is 0 Å². The van der Waals surface area contributed by atoms with Crippen LogP contribution in [0.25, 0.3) is 11.0 Å². The molecule has 1 saturated heterocycles. The first-order valence-corrected chi connectivity index (χ1v) is 8.09. The van der Waals surface area contributed by atoms with Crippen molar-refractivity contribution in [1.29, 1.82) is 0 Å². The second kappa shape index (κ2) is 6.41. The Labute approximate surface area is 140 Å². The van der Waals surface area contributed by atoms with Crippen molar-refractivity contribution in [2.45, 2.75) is 12.5 Å². The van der Waals surface area contributed by atoms with E-state index in [4.69, 9.17) is 10.5 Å². The lowest BCUT2D eigenvalue weighted by atomic mass is 9.95. The van der Waals surface area contributed by atoms with Gasteiger partial charge in [0.2, 0.25) is 0 Å². The molecule has 1 fully saturated rings. The number of rotatable bonds is 4. The molecule has 0 amide bonds. The van der Waals surface area contributed by atoms with Gasteiger partial charge in [0.15, 0.2) is 5.65 Å². The smallest absolute Gasteiger partial charge is 0.166 e. The van der Waals surface area contributed by atoms with Crippen molar-refractivity contribution < 1.29 is 4.74 Å². The summed E-state index contributed by atoms with van der Waals surface area (Å²) in [4.78, 5) is 12.8. The monoisotopic (exact) mass is 321 g/mol. The predicted octanol–water partition coefficient (Wildman–Crippen LogP) is 2.80. The summed E-state index contributed by atoms with van der Waals surface area (Å²) in [5.41, 5.74) is 7.55. The maximum Gasteiger partial charge on any atom is 0.166 e. The van der Waals surface area contributed by atoms with Crippen molar-refractivity contribution in [2.75, 3.05) is 24.2 Å². The number of fused-ring (bicyclic) bond motifs is 1. The molecule has 0 bridgehead atoms. The van der Waals surface area contributed by atoms with E-state index in [0.29, 0.717) is 17.4 Å². The number of pyridine rings is 1. The number of nitrogens with one attached hydrogen (secondary N) is 1. The molecule has 0 spiro atoms. The van der Waals surface area contributed by atoms with Crippen molar-refractivity contribution in [2.24, 2.45) is 5.92 Å². The first kappa shape index (κ1) is 14.8. The van der Waals surface area contributed by atoms with Crippen LogP contribution in [0.1, 0.15) is 18.1 Å². The van der Waals surface area contributed by atoms with E-state index in [0.717, 1.165) is 30.8 Å². The van der Waals surface area contributed by atoms with Crippen LogP contribution in [-0.2, 0) is 4.74 Å². The highest BCUT2D eigenvalue weighted by Gasteiger charge is 2.29. The zero-order chi connectivity index (χ0) is 16.4. The van der Waals surface area contributed by atoms with E-state index < -0.39 is 0 Å². The normalized spacial score (nSPS) is 20.3. The Morgan fingerprint density at radius 3 is 2.88 bits per heavy atom. The van der Waals surface area contributed by atoms with Gasteiger partial charge in [-0.2, -0.15) is 0 Å². The van der Waals surface area contributed by atoms with E-state index >= 15 is 0 Å². The molecule has 1 aliphatic heterocycles. The molecule has 1 aliphatic rings. The number of hydrogen-bond acceptors (Lipinski definition) is 6. The molecule has 2 aromatic heterocycles.